The Balaban J connectivity index is 2.72. The van der Waals surface area contributed by atoms with E-state index in [0.29, 0.717) is 6.29 Å². The summed E-state index contributed by atoms with van der Waals surface area (Å²) < 4.78 is 33.1. The smallest absolute Gasteiger partial charge is 0.123 e. The summed E-state index contributed by atoms with van der Waals surface area (Å²) in [7, 11) is 0. The number of aldehydes is 1. The molecule has 0 aromatic rings. The van der Waals surface area contributed by atoms with Crippen LogP contribution in [0, 0.1) is 5.92 Å². The molecule has 46 valence electrons. The Hall–Kier alpha value is -0.370. The van der Waals surface area contributed by atoms with Crippen molar-refractivity contribution in [3.63, 3.8) is 0 Å². The van der Waals surface area contributed by atoms with E-state index in [1.165, 1.54) is 0 Å². The van der Waals surface area contributed by atoms with Gasteiger partial charge in [0, 0.05) is 19.0 Å². The fourth-order valence-electron chi connectivity index (χ4n) is 0.517. The van der Waals surface area contributed by atoms with E-state index < -0.39 is 19.0 Å². The molecule has 0 aromatic heterocycles. The second kappa shape index (κ2) is 2.82. The van der Waals surface area contributed by atoms with Crippen LogP contribution in [-0.4, -0.2) is 19.4 Å². The Labute approximate surface area is 54.5 Å². The normalized spacial score (nSPS) is 43.0. The minimum Gasteiger partial charge on any atom is -0.381 e. The molecule has 0 unspecified atom stereocenters. The van der Waals surface area contributed by atoms with E-state index in [1.54, 1.807) is 0 Å². The predicted molar refractivity (Wildman–Crippen MR) is 29.6 cm³/mol. The summed E-state index contributed by atoms with van der Waals surface area (Å²) in [6.07, 6.45) is 0.462. The lowest BCUT2D eigenvalue weighted by Crippen LogP contribution is -2.16. The van der Waals surface area contributed by atoms with Crippen molar-refractivity contribution in [1.29, 1.82) is 0 Å². The summed E-state index contributed by atoms with van der Waals surface area (Å²) in [5.41, 5.74) is 0. The molecule has 0 aromatic carbocycles. The average molecular weight is 118 g/mol. The van der Waals surface area contributed by atoms with Crippen molar-refractivity contribution in [2.45, 2.75) is 12.8 Å². The molecular formula is C6H10O2. The molecule has 0 aliphatic carbocycles. The standard InChI is InChI=1S/C6H10O2/c7-5-6-1-3-8-4-2-6/h5-6H,1-4H2/i3D2,4D2. The molecule has 0 saturated carbocycles. The molecule has 2 heteroatoms. The van der Waals surface area contributed by atoms with Gasteiger partial charge in [-0.3, -0.25) is 0 Å². The van der Waals surface area contributed by atoms with E-state index in [0.717, 1.165) is 0 Å². The summed E-state index contributed by atoms with van der Waals surface area (Å²) in [5.74, 6) is -0.580. The summed E-state index contributed by atoms with van der Waals surface area (Å²) in [6, 6.07) is 0. The minimum atomic E-state index is -2.02. The van der Waals surface area contributed by atoms with Crippen molar-refractivity contribution >= 4 is 6.29 Å². The topological polar surface area (TPSA) is 26.3 Å². The molecule has 0 amide bonds. The van der Waals surface area contributed by atoms with E-state index in [2.05, 4.69) is 4.74 Å². The zero-order valence-electron chi connectivity index (χ0n) is 8.39. The Kier molecular flexibility index (Phi) is 0.875. The molecule has 1 aliphatic rings. The Morgan fingerprint density at radius 1 is 1.62 bits per heavy atom. The molecule has 0 bridgehead atoms. The van der Waals surface area contributed by atoms with E-state index in [1.807, 2.05) is 0 Å². The number of carbonyl (C=O) groups is 1. The van der Waals surface area contributed by atoms with Crippen molar-refractivity contribution < 1.29 is 15.0 Å². The molecule has 1 fully saturated rings. The molecule has 0 N–H and O–H groups in total. The minimum absolute atomic E-state index is 0.0595. The van der Waals surface area contributed by atoms with Crippen LogP contribution >= 0.6 is 0 Å². The van der Waals surface area contributed by atoms with Gasteiger partial charge in [-0.25, -0.2) is 0 Å². The highest BCUT2D eigenvalue weighted by Crippen LogP contribution is 2.10. The zero-order chi connectivity index (χ0) is 9.41. The maximum absolute atomic E-state index is 10.3. The molecule has 1 saturated heterocycles. The molecular weight excluding hydrogens is 104 g/mol. The lowest BCUT2D eigenvalue weighted by atomic mass is 10.0. The van der Waals surface area contributed by atoms with Crippen LogP contribution in [0.1, 0.15) is 18.3 Å². The van der Waals surface area contributed by atoms with Gasteiger partial charge in [0.1, 0.15) is 6.29 Å². The van der Waals surface area contributed by atoms with Crippen LogP contribution in [0.3, 0.4) is 0 Å². The molecule has 0 spiro atoms. The maximum atomic E-state index is 10.3. The van der Waals surface area contributed by atoms with Crippen LogP contribution in [0.2, 0.25) is 0 Å². The fraction of sp³-hybridized carbons (Fsp3) is 0.833. The van der Waals surface area contributed by atoms with Gasteiger partial charge in [-0.05, 0) is 12.8 Å². The SMILES string of the molecule is [2H]C1([2H])CC(C=O)CC([2H])([2H])O1. The second-order valence-corrected chi connectivity index (χ2v) is 1.70. The third-order valence-corrected chi connectivity index (χ3v) is 1.03. The number of rotatable bonds is 1. The monoisotopic (exact) mass is 118 g/mol. The fourth-order valence-corrected chi connectivity index (χ4v) is 0.517. The first-order chi connectivity index (χ1) is 5.35. The van der Waals surface area contributed by atoms with Crippen molar-refractivity contribution in [2.75, 3.05) is 13.1 Å². The van der Waals surface area contributed by atoms with E-state index in [9.17, 15) is 4.79 Å². The van der Waals surface area contributed by atoms with Gasteiger partial charge in [0.25, 0.3) is 0 Å². The molecule has 2 nitrogen and oxygen atoms in total. The van der Waals surface area contributed by atoms with Crippen LogP contribution < -0.4 is 0 Å². The van der Waals surface area contributed by atoms with Gasteiger partial charge in [0.2, 0.25) is 0 Å². The summed E-state index contributed by atoms with van der Waals surface area (Å²) >= 11 is 0. The van der Waals surface area contributed by atoms with Crippen molar-refractivity contribution in [3.05, 3.63) is 0 Å². The first-order valence-electron chi connectivity index (χ1n) is 4.50. The largest absolute Gasteiger partial charge is 0.381 e. The summed E-state index contributed by atoms with van der Waals surface area (Å²) in [4.78, 5) is 10.3. The lowest BCUT2D eigenvalue weighted by Gasteiger charge is -2.15. The molecule has 0 atom stereocenters. The Morgan fingerprint density at radius 3 is 2.75 bits per heavy atom. The molecule has 0 radical (unpaired) electrons. The molecule has 8 heavy (non-hydrogen) atoms. The Morgan fingerprint density at radius 2 is 2.25 bits per heavy atom. The van der Waals surface area contributed by atoms with Gasteiger partial charge >= 0.3 is 0 Å². The molecule has 1 aliphatic heterocycles. The van der Waals surface area contributed by atoms with Gasteiger partial charge in [0.15, 0.2) is 0 Å². The number of carbonyl (C=O) groups excluding carboxylic acids is 1. The van der Waals surface area contributed by atoms with E-state index in [4.69, 9.17) is 5.48 Å². The van der Waals surface area contributed by atoms with E-state index in [-0.39, 0.29) is 12.8 Å². The van der Waals surface area contributed by atoms with Gasteiger partial charge in [-0.15, -0.1) is 0 Å². The third kappa shape index (κ3) is 1.30. The van der Waals surface area contributed by atoms with Crippen LogP contribution in [0.25, 0.3) is 0 Å². The van der Waals surface area contributed by atoms with Crippen molar-refractivity contribution in [3.8, 4) is 0 Å². The quantitative estimate of drug-likeness (QED) is 0.471. The summed E-state index contributed by atoms with van der Waals surface area (Å²) in [5, 5.41) is 0. The average Bonchev–Trinajstić information content (AvgIpc) is 1.80. The van der Waals surface area contributed by atoms with Crippen LogP contribution in [0.4, 0.5) is 0 Å². The van der Waals surface area contributed by atoms with E-state index >= 15 is 0 Å². The summed E-state index contributed by atoms with van der Waals surface area (Å²) in [6.45, 7) is -4.04. The number of hydrogen-bond donors (Lipinski definition) is 0. The van der Waals surface area contributed by atoms with Crippen LogP contribution in [-0.2, 0) is 9.53 Å². The molecule has 1 heterocycles. The van der Waals surface area contributed by atoms with Gasteiger partial charge < -0.3 is 9.53 Å². The van der Waals surface area contributed by atoms with Gasteiger partial charge in [-0.2, -0.15) is 0 Å². The predicted octanol–water partition coefficient (Wildman–Crippen LogP) is 0.612. The Bertz CT molecular complexity index is 176. The highest BCUT2D eigenvalue weighted by atomic mass is 16.5. The second-order valence-electron chi connectivity index (χ2n) is 1.70. The van der Waals surface area contributed by atoms with Crippen LogP contribution in [0.5, 0.6) is 0 Å². The van der Waals surface area contributed by atoms with Crippen molar-refractivity contribution in [2.24, 2.45) is 5.92 Å². The number of ether oxygens (including phenoxy) is 1. The van der Waals surface area contributed by atoms with Gasteiger partial charge in [0.05, 0.1) is 5.48 Å². The van der Waals surface area contributed by atoms with Crippen molar-refractivity contribution in [1.82, 2.24) is 0 Å². The molecule has 1 rings (SSSR count). The van der Waals surface area contributed by atoms with Crippen LogP contribution in [0.15, 0.2) is 0 Å². The third-order valence-electron chi connectivity index (χ3n) is 1.03. The first-order valence-corrected chi connectivity index (χ1v) is 2.50. The number of hydrogen-bond acceptors (Lipinski definition) is 2. The highest BCUT2D eigenvalue weighted by Gasteiger charge is 2.10. The highest BCUT2D eigenvalue weighted by molar-refractivity contribution is 5.53. The maximum Gasteiger partial charge on any atom is 0.123 e. The lowest BCUT2D eigenvalue weighted by molar-refractivity contribution is -0.113. The zero-order valence-corrected chi connectivity index (χ0v) is 4.39. The first kappa shape index (κ1) is 2.48. The van der Waals surface area contributed by atoms with Gasteiger partial charge in [-0.1, -0.05) is 0 Å².